The normalized spacial score (nSPS) is 15.8. The molecule has 5 nitrogen and oxygen atoms in total. The molecular weight excluding hydrogens is 254 g/mol. The number of hydrogen-bond donors (Lipinski definition) is 1. The Labute approximate surface area is 119 Å². The monoisotopic (exact) mass is 275 g/mol. The summed E-state index contributed by atoms with van der Waals surface area (Å²) in [7, 11) is 0. The van der Waals surface area contributed by atoms with Gasteiger partial charge < -0.3 is 4.90 Å². The molecule has 2 rings (SSSR count). The highest BCUT2D eigenvalue weighted by Crippen LogP contribution is 2.09. The number of carbonyl (C=O) groups excluding carboxylic acids is 2. The van der Waals surface area contributed by atoms with Crippen LogP contribution in [0.1, 0.15) is 31.2 Å². The van der Waals surface area contributed by atoms with Crippen LogP contribution in [0.3, 0.4) is 0 Å². The molecule has 1 saturated heterocycles. The average molecular weight is 275 g/mol. The molecule has 1 aliphatic rings. The minimum absolute atomic E-state index is 0.119. The quantitative estimate of drug-likeness (QED) is 0.632. The second kappa shape index (κ2) is 7.65. The molecule has 20 heavy (non-hydrogen) atoms. The maximum absolute atomic E-state index is 11.8. The fourth-order valence-electron chi connectivity index (χ4n) is 2.27. The van der Waals surface area contributed by atoms with Crippen molar-refractivity contribution in [2.75, 3.05) is 13.2 Å². The van der Waals surface area contributed by atoms with Crippen molar-refractivity contribution in [3.63, 3.8) is 0 Å². The van der Waals surface area contributed by atoms with Gasteiger partial charge in [-0.05, 0) is 18.4 Å². The topological polar surface area (TPSA) is 52.7 Å². The molecule has 0 radical (unpaired) electrons. The van der Waals surface area contributed by atoms with E-state index in [0.29, 0.717) is 19.6 Å². The van der Waals surface area contributed by atoms with Crippen molar-refractivity contribution in [1.29, 1.82) is 0 Å². The highest BCUT2D eigenvalue weighted by atomic mass is 16.2. The Balaban J connectivity index is 1.84. The minimum Gasteiger partial charge on any atom is -0.327 e. The van der Waals surface area contributed by atoms with Crippen LogP contribution in [0.2, 0.25) is 0 Å². The zero-order valence-electron chi connectivity index (χ0n) is 11.6. The predicted octanol–water partition coefficient (Wildman–Crippen LogP) is 1.51. The molecule has 1 fully saturated rings. The molecule has 1 aliphatic heterocycles. The summed E-state index contributed by atoms with van der Waals surface area (Å²) < 4.78 is 0. The number of nitrogens with zero attached hydrogens (tertiary/aromatic N) is 2. The molecule has 0 aromatic heterocycles. The van der Waals surface area contributed by atoms with Crippen LogP contribution in [-0.4, -0.2) is 35.4 Å². The van der Waals surface area contributed by atoms with Gasteiger partial charge >= 0.3 is 0 Å². The molecule has 5 heteroatoms. The summed E-state index contributed by atoms with van der Waals surface area (Å²) in [6, 6.07) is 9.80. The van der Waals surface area contributed by atoms with Crippen LogP contribution in [0.25, 0.3) is 0 Å². The summed E-state index contributed by atoms with van der Waals surface area (Å²) in [5.74, 6) is 0.119. The summed E-state index contributed by atoms with van der Waals surface area (Å²) in [4.78, 5) is 24.6. The molecule has 0 bridgehead atoms. The van der Waals surface area contributed by atoms with Crippen molar-refractivity contribution in [3.8, 4) is 0 Å². The van der Waals surface area contributed by atoms with Gasteiger partial charge in [-0.1, -0.05) is 36.8 Å². The van der Waals surface area contributed by atoms with Gasteiger partial charge in [-0.15, -0.1) is 0 Å². The first-order valence-corrected chi connectivity index (χ1v) is 7.07. The molecule has 0 aliphatic carbocycles. The van der Waals surface area contributed by atoms with Crippen LogP contribution < -0.4 is 5.43 Å². The highest BCUT2D eigenvalue weighted by molar-refractivity contribution is 5.75. The summed E-state index contributed by atoms with van der Waals surface area (Å²) in [5, 5.41) is 1.65. The van der Waals surface area contributed by atoms with Crippen LogP contribution >= 0.6 is 0 Å². The van der Waals surface area contributed by atoms with Gasteiger partial charge in [0, 0.05) is 19.5 Å². The first-order valence-electron chi connectivity index (χ1n) is 7.07. The lowest BCUT2D eigenvalue weighted by Crippen LogP contribution is -2.47. The Kier molecular flexibility index (Phi) is 5.55. The van der Waals surface area contributed by atoms with Gasteiger partial charge in [0.2, 0.25) is 12.3 Å². The molecule has 0 spiro atoms. The summed E-state index contributed by atoms with van der Waals surface area (Å²) >= 11 is 0. The lowest BCUT2D eigenvalue weighted by Gasteiger charge is -2.25. The van der Waals surface area contributed by atoms with E-state index in [4.69, 9.17) is 0 Å². The molecule has 1 N–H and O–H groups in total. The molecular formula is C15H21N3O2. The zero-order valence-corrected chi connectivity index (χ0v) is 11.6. The molecule has 0 atom stereocenters. The molecule has 0 unspecified atom stereocenters. The fraction of sp³-hybridized carbons (Fsp3) is 0.467. The second-order valence-corrected chi connectivity index (χ2v) is 5.01. The van der Waals surface area contributed by atoms with Crippen LogP contribution in [-0.2, 0) is 16.1 Å². The Morgan fingerprint density at radius 2 is 2.00 bits per heavy atom. The summed E-state index contributed by atoms with van der Waals surface area (Å²) in [6.07, 6.45) is 4.46. The standard InChI is InChI=1S/C15H21N3O2/c19-13-17(11-14-7-3-1-4-8-14)12-16-18-10-6-2-5-9-15(18)20/h1,3-4,7-8,13,16H,2,5-6,9-12H2. The Bertz CT molecular complexity index is 436. The number of carbonyl (C=O) groups is 2. The lowest BCUT2D eigenvalue weighted by molar-refractivity contribution is -0.135. The van der Waals surface area contributed by atoms with Crippen molar-refractivity contribution in [1.82, 2.24) is 15.3 Å². The third-order valence-electron chi connectivity index (χ3n) is 3.42. The maximum Gasteiger partial charge on any atom is 0.236 e. The number of hydrogen-bond acceptors (Lipinski definition) is 3. The molecule has 1 aromatic rings. The van der Waals surface area contributed by atoms with E-state index >= 15 is 0 Å². The zero-order chi connectivity index (χ0) is 14.2. The van der Waals surface area contributed by atoms with Crippen LogP contribution in [0.4, 0.5) is 0 Å². The average Bonchev–Trinajstić information content (AvgIpc) is 2.69. The third-order valence-corrected chi connectivity index (χ3v) is 3.42. The third kappa shape index (κ3) is 4.35. The Morgan fingerprint density at radius 1 is 1.20 bits per heavy atom. The summed E-state index contributed by atoms with van der Waals surface area (Å²) in [6.45, 7) is 1.61. The predicted molar refractivity (Wildman–Crippen MR) is 76.2 cm³/mol. The highest BCUT2D eigenvalue weighted by Gasteiger charge is 2.16. The minimum atomic E-state index is 0.119. The number of amides is 2. The lowest BCUT2D eigenvalue weighted by atomic mass is 10.2. The van der Waals surface area contributed by atoms with E-state index < -0.39 is 0 Å². The number of nitrogens with one attached hydrogen (secondary N) is 1. The molecule has 2 amide bonds. The molecule has 1 aromatic carbocycles. The van der Waals surface area contributed by atoms with E-state index in [0.717, 1.165) is 37.8 Å². The van der Waals surface area contributed by atoms with Crippen molar-refractivity contribution in [2.24, 2.45) is 0 Å². The largest absolute Gasteiger partial charge is 0.327 e. The smallest absolute Gasteiger partial charge is 0.236 e. The first kappa shape index (κ1) is 14.5. The summed E-state index contributed by atoms with van der Waals surface area (Å²) in [5.41, 5.74) is 4.13. The Morgan fingerprint density at radius 3 is 2.75 bits per heavy atom. The number of rotatable bonds is 6. The first-order chi connectivity index (χ1) is 9.79. The van der Waals surface area contributed by atoms with E-state index in [1.165, 1.54) is 0 Å². The van der Waals surface area contributed by atoms with E-state index in [1.807, 2.05) is 30.3 Å². The van der Waals surface area contributed by atoms with E-state index in [9.17, 15) is 9.59 Å². The SMILES string of the molecule is O=CN(CNN1CCCCCC1=O)Cc1ccccc1. The van der Waals surface area contributed by atoms with Crippen molar-refractivity contribution >= 4 is 12.3 Å². The van der Waals surface area contributed by atoms with Gasteiger partial charge in [0.05, 0.1) is 6.67 Å². The van der Waals surface area contributed by atoms with Crippen LogP contribution in [0.5, 0.6) is 0 Å². The molecule has 0 saturated carbocycles. The van der Waals surface area contributed by atoms with Gasteiger partial charge in [-0.25, -0.2) is 5.43 Å². The van der Waals surface area contributed by atoms with E-state index in [1.54, 1.807) is 9.91 Å². The second-order valence-electron chi connectivity index (χ2n) is 5.01. The van der Waals surface area contributed by atoms with Crippen molar-refractivity contribution in [2.45, 2.75) is 32.2 Å². The van der Waals surface area contributed by atoms with Crippen LogP contribution in [0.15, 0.2) is 30.3 Å². The van der Waals surface area contributed by atoms with E-state index in [2.05, 4.69) is 5.43 Å². The van der Waals surface area contributed by atoms with Gasteiger partial charge in [0.15, 0.2) is 0 Å². The molecule has 108 valence electrons. The maximum atomic E-state index is 11.8. The Hall–Kier alpha value is -1.88. The van der Waals surface area contributed by atoms with Crippen molar-refractivity contribution < 1.29 is 9.59 Å². The van der Waals surface area contributed by atoms with Gasteiger partial charge in [0.1, 0.15) is 0 Å². The van der Waals surface area contributed by atoms with Gasteiger partial charge in [-0.2, -0.15) is 0 Å². The number of benzene rings is 1. The number of hydrazine groups is 1. The molecule has 1 heterocycles. The van der Waals surface area contributed by atoms with Crippen LogP contribution in [0, 0.1) is 0 Å². The fourth-order valence-corrected chi connectivity index (χ4v) is 2.27. The van der Waals surface area contributed by atoms with Gasteiger partial charge in [-0.3, -0.25) is 14.6 Å². The van der Waals surface area contributed by atoms with Crippen molar-refractivity contribution in [3.05, 3.63) is 35.9 Å². The van der Waals surface area contributed by atoms with Gasteiger partial charge in [0.25, 0.3) is 0 Å². The van der Waals surface area contributed by atoms with E-state index in [-0.39, 0.29) is 5.91 Å².